The van der Waals surface area contributed by atoms with Crippen molar-refractivity contribution in [3.63, 3.8) is 0 Å². The number of rotatable bonds is 4. The fourth-order valence-electron chi connectivity index (χ4n) is 1.22. The maximum atomic E-state index is 3.37. The van der Waals surface area contributed by atoms with Crippen LogP contribution in [0.25, 0.3) is 6.08 Å². The van der Waals surface area contributed by atoms with E-state index in [0.29, 0.717) is 0 Å². The van der Waals surface area contributed by atoms with Crippen molar-refractivity contribution in [3.8, 4) is 0 Å². The van der Waals surface area contributed by atoms with Crippen molar-refractivity contribution in [2.24, 2.45) is 0 Å². The van der Waals surface area contributed by atoms with E-state index in [9.17, 15) is 0 Å². The van der Waals surface area contributed by atoms with Gasteiger partial charge < -0.3 is 5.32 Å². The fraction of sp³-hybridized carbons (Fsp3) is 0.273. The van der Waals surface area contributed by atoms with Crippen LogP contribution in [0.15, 0.2) is 30.3 Å². The van der Waals surface area contributed by atoms with E-state index < -0.39 is 0 Å². The fourth-order valence-corrected chi connectivity index (χ4v) is 1.41. The highest BCUT2D eigenvalue weighted by molar-refractivity contribution is 9.09. The molecule has 0 bridgehead atoms. The molecule has 0 atom stereocenters. The molecule has 13 heavy (non-hydrogen) atoms. The molecule has 1 nitrogen and oxygen atoms in total. The standard InChI is InChI=1S/C11H14BrN/c1-13-9-11-6-3-2-5-10(11)7-4-8-12/h2-7,13H,8-9H2,1H3. The minimum Gasteiger partial charge on any atom is -0.316 e. The van der Waals surface area contributed by atoms with E-state index in [1.54, 1.807) is 0 Å². The number of halogens is 1. The van der Waals surface area contributed by atoms with E-state index in [-0.39, 0.29) is 0 Å². The Hall–Kier alpha value is -0.600. The zero-order chi connectivity index (χ0) is 9.52. The summed E-state index contributed by atoms with van der Waals surface area (Å²) in [6, 6.07) is 8.40. The van der Waals surface area contributed by atoms with Crippen LogP contribution in [0.5, 0.6) is 0 Å². The largest absolute Gasteiger partial charge is 0.316 e. The third-order valence-electron chi connectivity index (χ3n) is 1.81. The van der Waals surface area contributed by atoms with Crippen LogP contribution in [0, 0.1) is 0 Å². The summed E-state index contributed by atoms with van der Waals surface area (Å²) in [5.74, 6) is 0. The molecule has 1 N–H and O–H groups in total. The summed E-state index contributed by atoms with van der Waals surface area (Å²) >= 11 is 3.37. The molecule has 1 aromatic carbocycles. The Morgan fingerprint density at radius 1 is 1.38 bits per heavy atom. The molecule has 2 heteroatoms. The second-order valence-corrected chi connectivity index (χ2v) is 3.43. The molecule has 0 aliphatic carbocycles. The van der Waals surface area contributed by atoms with Gasteiger partial charge in [0.05, 0.1) is 0 Å². The molecule has 1 aromatic rings. The van der Waals surface area contributed by atoms with Gasteiger partial charge in [0.2, 0.25) is 0 Å². The Balaban J connectivity index is 2.84. The maximum absolute atomic E-state index is 3.37. The molecular weight excluding hydrogens is 226 g/mol. The van der Waals surface area contributed by atoms with Crippen LogP contribution >= 0.6 is 15.9 Å². The lowest BCUT2D eigenvalue weighted by Gasteiger charge is -2.03. The Kier molecular flexibility index (Phi) is 4.79. The van der Waals surface area contributed by atoms with Gasteiger partial charge in [-0.25, -0.2) is 0 Å². The van der Waals surface area contributed by atoms with Crippen molar-refractivity contribution >= 4 is 22.0 Å². The van der Waals surface area contributed by atoms with E-state index in [1.807, 2.05) is 7.05 Å². The topological polar surface area (TPSA) is 12.0 Å². The average Bonchev–Trinajstić information content (AvgIpc) is 2.17. The molecule has 0 amide bonds. The van der Waals surface area contributed by atoms with Gasteiger partial charge in [0.15, 0.2) is 0 Å². The van der Waals surface area contributed by atoms with Gasteiger partial charge in [0.1, 0.15) is 0 Å². The summed E-state index contributed by atoms with van der Waals surface area (Å²) in [6.45, 7) is 0.919. The molecule has 1 rings (SSSR count). The van der Waals surface area contributed by atoms with E-state index >= 15 is 0 Å². The van der Waals surface area contributed by atoms with Gasteiger partial charge in [-0.1, -0.05) is 52.3 Å². The molecule has 0 aliphatic heterocycles. The smallest absolute Gasteiger partial charge is 0.0215 e. The lowest BCUT2D eigenvalue weighted by molar-refractivity contribution is 0.816. The Morgan fingerprint density at radius 2 is 2.15 bits per heavy atom. The number of alkyl halides is 1. The van der Waals surface area contributed by atoms with Gasteiger partial charge in [-0.2, -0.15) is 0 Å². The van der Waals surface area contributed by atoms with Crippen molar-refractivity contribution in [2.75, 3.05) is 12.4 Å². The first-order chi connectivity index (χ1) is 6.38. The maximum Gasteiger partial charge on any atom is 0.0215 e. The first kappa shape index (κ1) is 10.5. The van der Waals surface area contributed by atoms with Crippen molar-refractivity contribution in [2.45, 2.75) is 6.54 Å². The van der Waals surface area contributed by atoms with Gasteiger partial charge in [0.25, 0.3) is 0 Å². The minimum atomic E-state index is 0.904. The highest BCUT2D eigenvalue weighted by Gasteiger charge is 1.95. The number of benzene rings is 1. The van der Waals surface area contributed by atoms with Crippen LogP contribution in [-0.4, -0.2) is 12.4 Å². The van der Waals surface area contributed by atoms with Crippen molar-refractivity contribution in [3.05, 3.63) is 41.5 Å². The summed E-state index contributed by atoms with van der Waals surface area (Å²) in [5.41, 5.74) is 2.62. The van der Waals surface area contributed by atoms with Gasteiger partial charge in [-0.05, 0) is 18.2 Å². The molecule has 0 fully saturated rings. The zero-order valence-electron chi connectivity index (χ0n) is 7.76. The van der Waals surface area contributed by atoms with Gasteiger partial charge >= 0.3 is 0 Å². The first-order valence-corrected chi connectivity index (χ1v) is 5.45. The van der Waals surface area contributed by atoms with E-state index in [0.717, 1.165) is 11.9 Å². The van der Waals surface area contributed by atoms with E-state index in [1.165, 1.54) is 11.1 Å². The number of hydrogen-bond donors (Lipinski definition) is 1. The summed E-state index contributed by atoms with van der Waals surface area (Å²) < 4.78 is 0. The Bertz CT molecular complexity index is 281. The SMILES string of the molecule is CNCc1ccccc1C=CCBr. The highest BCUT2D eigenvalue weighted by Crippen LogP contribution is 2.10. The average molecular weight is 240 g/mol. The molecule has 0 heterocycles. The summed E-state index contributed by atoms with van der Waals surface area (Å²) in [7, 11) is 1.96. The predicted molar refractivity (Wildman–Crippen MR) is 62.0 cm³/mol. The molecule has 0 aromatic heterocycles. The molecule has 0 aliphatic rings. The molecule has 0 unspecified atom stereocenters. The predicted octanol–water partition coefficient (Wildman–Crippen LogP) is 2.81. The molecule has 0 saturated carbocycles. The Labute approximate surface area is 88.0 Å². The quantitative estimate of drug-likeness (QED) is 0.798. The van der Waals surface area contributed by atoms with Crippen LogP contribution in [0.1, 0.15) is 11.1 Å². The number of hydrogen-bond acceptors (Lipinski definition) is 1. The van der Waals surface area contributed by atoms with Crippen LogP contribution in [-0.2, 0) is 6.54 Å². The van der Waals surface area contributed by atoms with Gasteiger partial charge in [-0.3, -0.25) is 0 Å². The third-order valence-corrected chi connectivity index (χ3v) is 2.18. The molecular formula is C11H14BrN. The molecule has 0 saturated heterocycles. The van der Waals surface area contributed by atoms with Gasteiger partial charge in [0, 0.05) is 11.9 Å². The van der Waals surface area contributed by atoms with Crippen molar-refractivity contribution in [1.29, 1.82) is 0 Å². The minimum absolute atomic E-state index is 0.904. The molecule has 0 radical (unpaired) electrons. The Morgan fingerprint density at radius 3 is 2.85 bits per heavy atom. The summed E-state index contributed by atoms with van der Waals surface area (Å²) in [5, 5.41) is 4.06. The lowest BCUT2D eigenvalue weighted by atomic mass is 10.1. The zero-order valence-corrected chi connectivity index (χ0v) is 9.34. The molecule has 70 valence electrons. The van der Waals surface area contributed by atoms with Gasteiger partial charge in [-0.15, -0.1) is 0 Å². The van der Waals surface area contributed by atoms with E-state index in [4.69, 9.17) is 0 Å². The van der Waals surface area contributed by atoms with Crippen molar-refractivity contribution in [1.82, 2.24) is 5.32 Å². The monoisotopic (exact) mass is 239 g/mol. The van der Waals surface area contributed by atoms with Crippen LogP contribution in [0.2, 0.25) is 0 Å². The van der Waals surface area contributed by atoms with Crippen LogP contribution < -0.4 is 5.32 Å². The molecule has 0 spiro atoms. The second kappa shape index (κ2) is 5.95. The first-order valence-electron chi connectivity index (χ1n) is 4.33. The second-order valence-electron chi connectivity index (χ2n) is 2.79. The lowest BCUT2D eigenvalue weighted by Crippen LogP contribution is -2.06. The summed E-state index contributed by atoms with van der Waals surface area (Å²) in [6.07, 6.45) is 4.25. The summed E-state index contributed by atoms with van der Waals surface area (Å²) in [4.78, 5) is 0. The number of nitrogens with one attached hydrogen (secondary N) is 1. The highest BCUT2D eigenvalue weighted by atomic mass is 79.9. The number of allylic oxidation sites excluding steroid dienone is 1. The van der Waals surface area contributed by atoms with Crippen LogP contribution in [0.3, 0.4) is 0 Å². The normalized spacial score (nSPS) is 10.9. The third kappa shape index (κ3) is 3.33. The van der Waals surface area contributed by atoms with Crippen LogP contribution in [0.4, 0.5) is 0 Å². The van der Waals surface area contributed by atoms with Crippen molar-refractivity contribution < 1.29 is 0 Å². The van der Waals surface area contributed by atoms with E-state index in [2.05, 4.69) is 57.7 Å².